The second-order valence-electron chi connectivity index (χ2n) is 4.08. The van der Waals surface area contributed by atoms with E-state index in [0.29, 0.717) is 5.82 Å². The van der Waals surface area contributed by atoms with Gasteiger partial charge in [-0.05, 0) is 29.3 Å². The maximum absolute atomic E-state index is 4.52. The first-order valence-corrected chi connectivity index (χ1v) is 6.68. The zero-order valence-electron chi connectivity index (χ0n) is 10.7. The summed E-state index contributed by atoms with van der Waals surface area (Å²) in [5.41, 5.74) is 0.904. The number of halogens is 1. The summed E-state index contributed by atoms with van der Waals surface area (Å²) in [6, 6.07) is 0. The fourth-order valence-corrected chi connectivity index (χ4v) is 1.92. The summed E-state index contributed by atoms with van der Waals surface area (Å²) in [6.07, 6.45) is 4.68. The Bertz CT molecular complexity index is 549. The summed E-state index contributed by atoms with van der Waals surface area (Å²) < 4.78 is 2.82. The van der Waals surface area contributed by atoms with E-state index in [0.717, 1.165) is 34.8 Å². The summed E-state index contributed by atoms with van der Waals surface area (Å²) in [5.74, 6) is 2.23. The van der Waals surface area contributed by atoms with Gasteiger partial charge in [-0.3, -0.25) is 0 Å². The first-order valence-electron chi connectivity index (χ1n) is 5.89. The van der Waals surface area contributed by atoms with Gasteiger partial charge in [0.1, 0.15) is 5.82 Å². The Labute approximate surface area is 115 Å². The summed E-state index contributed by atoms with van der Waals surface area (Å²) in [7, 11) is 1.93. The van der Waals surface area contributed by atoms with Crippen LogP contribution in [0.2, 0.25) is 0 Å². The lowest BCUT2D eigenvalue weighted by Crippen LogP contribution is -2.07. The van der Waals surface area contributed by atoms with Crippen LogP contribution < -0.4 is 5.32 Å². The van der Waals surface area contributed by atoms with Crippen LogP contribution in [-0.4, -0.2) is 26.1 Å². The highest BCUT2D eigenvalue weighted by Gasteiger charge is 2.13. The normalized spacial score (nSPS) is 10.7. The van der Waals surface area contributed by atoms with Crippen molar-refractivity contribution in [2.45, 2.75) is 20.3 Å². The maximum Gasteiger partial charge on any atom is 0.198 e. The Morgan fingerprint density at radius 3 is 2.78 bits per heavy atom. The van der Waals surface area contributed by atoms with Gasteiger partial charge in [-0.25, -0.2) is 15.0 Å². The number of nitrogens with zero attached hydrogens (tertiary/aromatic N) is 4. The average Bonchev–Trinajstić information content (AvgIpc) is 2.77. The highest BCUT2D eigenvalue weighted by molar-refractivity contribution is 9.10. The number of hydrogen-bond donors (Lipinski definition) is 1. The van der Waals surface area contributed by atoms with E-state index in [1.165, 1.54) is 0 Å². The van der Waals surface area contributed by atoms with E-state index in [9.17, 15) is 0 Å². The first kappa shape index (κ1) is 13.0. The molecule has 0 spiro atoms. The molecule has 6 heteroatoms. The molecule has 0 unspecified atom stereocenters. The average molecular weight is 310 g/mol. The number of aromatic nitrogens is 4. The standard InChI is InChI=1S/C12H16BrN5/c1-4-5-14-10-9(13)8(2)16-11(17-10)12-15-6-7-18(12)3/h6-7H,4-5H2,1-3H3,(H,14,16,17). The van der Waals surface area contributed by atoms with E-state index in [2.05, 4.69) is 43.1 Å². The van der Waals surface area contributed by atoms with E-state index < -0.39 is 0 Å². The third-order valence-corrected chi connectivity index (χ3v) is 3.53. The molecule has 0 aromatic carbocycles. The largest absolute Gasteiger partial charge is 0.369 e. The molecule has 0 bridgehead atoms. The van der Waals surface area contributed by atoms with Gasteiger partial charge in [0.25, 0.3) is 0 Å². The minimum Gasteiger partial charge on any atom is -0.369 e. The molecule has 2 aromatic heterocycles. The predicted molar refractivity (Wildman–Crippen MR) is 75.5 cm³/mol. The molecule has 5 nitrogen and oxygen atoms in total. The summed E-state index contributed by atoms with van der Waals surface area (Å²) in [4.78, 5) is 13.3. The number of aryl methyl sites for hydroxylation is 2. The molecule has 0 atom stereocenters. The van der Waals surface area contributed by atoms with Crippen molar-refractivity contribution in [3.8, 4) is 11.6 Å². The lowest BCUT2D eigenvalue weighted by atomic mass is 10.4. The zero-order chi connectivity index (χ0) is 13.1. The Morgan fingerprint density at radius 2 is 2.17 bits per heavy atom. The quantitative estimate of drug-likeness (QED) is 0.943. The third-order valence-electron chi connectivity index (χ3n) is 2.58. The number of imidazole rings is 1. The number of nitrogens with one attached hydrogen (secondary N) is 1. The molecule has 2 aromatic rings. The van der Waals surface area contributed by atoms with Crippen molar-refractivity contribution in [3.63, 3.8) is 0 Å². The fraction of sp³-hybridized carbons (Fsp3) is 0.417. The van der Waals surface area contributed by atoms with Gasteiger partial charge in [-0.15, -0.1) is 0 Å². The molecule has 0 radical (unpaired) electrons. The summed E-state index contributed by atoms with van der Waals surface area (Å²) in [5, 5.41) is 3.29. The Hall–Kier alpha value is -1.43. The van der Waals surface area contributed by atoms with E-state index in [4.69, 9.17) is 0 Å². The predicted octanol–water partition coefficient (Wildman–Crippen LogP) is 2.77. The fourth-order valence-electron chi connectivity index (χ4n) is 1.60. The van der Waals surface area contributed by atoms with Gasteiger partial charge in [0.2, 0.25) is 0 Å². The molecule has 2 heterocycles. The Balaban J connectivity index is 2.44. The minimum atomic E-state index is 0.641. The Morgan fingerprint density at radius 1 is 1.39 bits per heavy atom. The first-order chi connectivity index (χ1) is 8.63. The molecular weight excluding hydrogens is 294 g/mol. The van der Waals surface area contributed by atoms with Crippen LogP contribution in [0.25, 0.3) is 11.6 Å². The van der Waals surface area contributed by atoms with Crippen LogP contribution in [0.3, 0.4) is 0 Å². The van der Waals surface area contributed by atoms with E-state index in [-0.39, 0.29) is 0 Å². The lowest BCUT2D eigenvalue weighted by molar-refractivity contribution is 0.897. The van der Waals surface area contributed by atoms with Crippen molar-refractivity contribution in [3.05, 3.63) is 22.6 Å². The number of hydrogen-bond acceptors (Lipinski definition) is 4. The van der Waals surface area contributed by atoms with Gasteiger partial charge < -0.3 is 9.88 Å². The lowest BCUT2D eigenvalue weighted by Gasteiger charge is -2.10. The van der Waals surface area contributed by atoms with Crippen LogP contribution in [0.5, 0.6) is 0 Å². The van der Waals surface area contributed by atoms with Gasteiger partial charge in [0.05, 0.1) is 10.2 Å². The van der Waals surface area contributed by atoms with E-state index in [1.807, 2.05) is 24.7 Å². The molecule has 0 aliphatic heterocycles. The topological polar surface area (TPSA) is 55.6 Å². The summed E-state index contributed by atoms with van der Waals surface area (Å²) >= 11 is 3.51. The minimum absolute atomic E-state index is 0.641. The number of rotatable bonds is 4. The molecule has 0 fully saturated rings. The molecule has 2 rings (SSSR count). The molecular formula is C12H16BrN5. The van der Waals surface area contributed by atoms with Crippen LogP contribution in [0.1, 0.15) is 19.0 Å². The molecule has 0 amide bonds. The van der Waals surface area contributed by atoms with Crippen LogP contribution in [-0.2, 0) is 7.05 Å². The zero-order valence-corrected chi connectivity index (χ0v) is 12.3. The highest BCUT2D eigenvalue weighted by atomic mass is 79.9. The van der Waals surface area contributed by atoms with Crippen molar-refractivity contribution in [2.75, 3.05) is 11.9 Å². The van der Waals surface area contributed by atoms with Crippen molar-refractivity contribution in [1.82, 2.24) is 19.5 Å². The van der Waals surface area contributed by atoms with Gasteiger partial charge in [0, 0.05) is 26.0 Å². The van der Waals surface area contributed by atoms with Crippen LogP contribution in [0.15, 0.2) is 16.9 Å². The van der Waals surface area contributed by atoms with Crippen LogP contribution >= 0.6 is 15.9 Å². The molecule has 0 saturated heterocycles. The maximum atomic E-state index is 4.52. The van der Waals surface area contributed by atoms with Crippen molar-refractivity contribution in [2.24, 2.45) is 7.05 Å². The second-order valence-corrected chi connectivity index (χ2v) is 4.88. The SMILES string of the molecule is CCCNc1nc(-c2nccn2C)nc(C)c1Br. The van der Waals surface area contributed by atoms with Crippen LogP contribution in [0, 0.1) is 6.92 Å². The third kappa shape index (κ3) is 2.53. The van der Waals surface area contributed by atoms with Gasteiger partial charge >= 0.3 is 0 Å². The molecule has 96 valence electrons. The van der Waals surface area contributed by atoms with Gasteiger partial charge in [0.15, 0.2) is 11.6 Å². The smallest absolute Gasteiger partial charge is 0.198 e. The Kier molecular flexibility index (Phi) is 3.96. The van der Waals surface area contributed by atoms with Crippen LogP contribution in [0.4, 0.5) is 5.82 Å². The van der Waals surface area contributed by atoms with E-state index in [1.54, 1.807) is 6.20 Å². The van der Waals surface area contributed by atoms with Crippen molar-refractivity contribution in [1.29, 1.82) is 0 Å². The van der Waals surface area contributed by atoms with Crippen molar-refractivity contribution < 1.29 is 0 Å². The van der Waals surface area contributed by atoms with Gasteiger partial charge in [-0.2, -0.15) is 0 Å². The molecule has 0 saturated carbocycles. The number of anilines is 1. The molecule has 0 aliphatic carbocycles. The van der Waals surface area contributed by atoms with Crippen molar-refractivity contribution >= 4 is 21.7 Å². The summed E-state index contributed by atoms with van der Waals surface area (Å²) in [6.45, 7) is 4.96. The molecule has 0 aliphatic rings. The second kappa shape index (κ2) is 5.48. The highest BCUT2D eigenvalue weighted by Crippen LogP contribution is 2.25. The van der Waals surface area contributed by atoms with E-state index >= 15 is 0 Å². The molecule has 1 N–H and O–H groups in total. The van der Waals surface area contributed by atoms with Gasteiger partial charge in [-0.1, -0.05) is 6.92 Å². The monoisotopic (exact) mass is 309 g/mol. The molecule has 18 heavy (non-hydrogen) atoms.